The lowest BCUT2D eigenvalue weighted by atomic mass is 10.1. The highest BCUT2D eigenvalue weighted by Crippen LogP contribution is 2.28. The molecule has 30 heavy (non-hydrogen) atoms. The van der Waals surface area contributed by atoms with Crippen molar-refractivity contribution in [3.63, 3.8) is 0 Å². The van der Waals surface area contributed by atoms with Gasteiger partial charge in [-0.05, 0) is 49.2 Å². The van der Waals surface area contributed by atoms with Crippen molar-refractivity contribution >= 4 is 48.8 Å². The number of aryl methyl sites for hydroxylation is 1. The number of hydrogen-bond donors (Lipinski definition) is 2. The fourth-order valence-corrected chi connectivity index (χ4v) is 3.70. The van der Waals surface area contributed by atoms with Crippen LogP contribution in [0.5, 0.6) is 0 Å². The van der Waals surface area contributed by atoms with E-state index in [4.69, 9.17) is 14.3 Å². The third kappa shape index (κ3) is 5.26. The summed E-state index contributed by atoms with van der Waals surface area (Å²) in [7, 11) is -3.73. The molecule has 0 aliphatic rings. The van der Waals surface area contributed by atoms with Gasteiger partial charge in [0.2, 0.25) is 15.8 Å². The van der Waals surface area contributed by atoms with E-state index < -0.39 is 28.5 Å². The first-order valence-corrected chi connectivity index (χ1v) is 11.2. The van der Waals surface area contributed by atoms with E-state index in [0.29, 0.717) is 24.1 Å². The Labute approximate surface area is 181 Å². The van der Waals surface area contributed by atoms with Crippen LogP contribution in [0.1, 0.15) is 21.7 Å². The Balaban J connectivity index is 1.49. The molecule has 3 N–H and O–H groups in total. The molecular formula is C20H19BrN2O6S. The maximum Gasteiger partial charge on any atom is 0.375 e. The van der Waals surface area contributed by atoms with Gasteiger partial charge in [0.25, 0.3) is 5.91 Å². The lowest BCUT2D eigenvalue weighted by Gasteiger charge is -2.07. The second-order valence-electron chi connectivity index (χ2n) is 6.56. The van der Waals surface area contributed by atoms with Crippen molar-refractivity contribution in [3.05, 3.63) is 63.8 Å². The Hall–Kier alpha value is -2.69. The molecule has 0 fully saturated rings. The van der Waals surface area contributed by atoms with Gasteiger partial charge < -0.3 is 14.5 Å². The van der Waals surface area contributed by atoms with Crippen LogP contribution in [0.25, 0.3) is 11.0 Å². The SMILES string of the molecule is Cc1c(C(=O)OCC(=O)NCCc2ccc(S(N)(=O)=O)cc2)oc2ccc(Br)cc12. The van der Waals surface area contributed by atoms with Gasteiger partial charge in [0, 0.05) is 22.0 Å². The molecule has 158 valence electrons. The first kappa shape index (κ1) is 22.0. The number of esters is 1. The highest BCUT2D eigenvalue weighted by molar-refractivity contribution is 9.10. The number of carbonyl (C=O) groups excluding carboxylic acids is 2. The van der Waals surface area contributed by atoms with Crippen LogP contribution in [0.4, 0.5) is 0 Å². The van der Waals surface area contributed by atoms with Crippen LogP contribution in [0.3, 0.4) is 0 Å². The number of nitrogens with one attached hydrogen (secondary N) is 1. The van der Waals surface area contributed by atoms with Crippen LogP contribution in [0.15, 0.2) is 56.2 Å². The summed E-state index contributed by atoms with van der Waals surface area (Å²) >= 11 is 3.37. The fraction of sp³-hybridized carbons (Fsp3) is 0.200. The second kappa shape index (κ2) is 8.99. The molecule has 0 saturated heterocycles. The standard InChI is InChI=1S/C20H19BrN2O6S/c1-12-16-10-14(21)4-7-17(16)29-19(12)20(25)28-11-18(24)23-9-8-13-2-5-15(6-3-13)30(22,26)27/h2-7,10H,8-9,11H2,1H3,(H,23,24)(H2,22,26,27). The Morgan fingerprint density at radius 2 is 1.87 bits per heavy atom. The van der Waals surface area contributed by atoms with E-state index in [-0.39, 0.29) is 10.7 Å². The van der Waals surface area contributed by atoms with E-state index in [1.807, 2.05) is 6.07 Å². The number of hydrogen-bond acceptors (Lipinski definition) is 6. The number of carbonyl (C=O) groups is 2. The van der Waals surface area contributed by atoms with E-state index in [9.17, 15) is 18.0 Å². The van der Waals surface area contributed by atoms with Gasteiger partial charge in [-0.2, -0.15) is 0 Å². The molecule has 3 aromatic rings. The first-order chi connectivity index (χ1) is 14.1. The molecule has 2 aromatic carbocycles. The number of halogens is 1. The fourth-order valence-electron chi connectivity index (χ4n) is 2.83. The summed E-state index contributed by atoms with van der Waals surface area (Å²) in [6.07, 6.45) is 0.474. The molecule has 10 heteroatoms. The van der Waals surface area contributed by atoms with Gasteiger partial charge >= 0.3 is 5.97 Å². The summed E-state index contributed by atoms with van der Waals surface area (Å²) in [5.41, 5.74) is 2.02. The van der Waals surface area contributed by atoms with E-state index in [1.54, 1.807) is 31.2 Å². The van der Waals surface area contributed by atoms with Crippen molar-refractivity contribution in [2.75, 3.05) is 13.2 Å². The van der Waals surface area contributed by atoms with Crippen molar-refractivity contribution in [1.82, 2.24) is 5.32 Å². The van der Waals surface area contributed by atoms with E-state index in [1.165, 1.54) is 12.1 Å². The molecule has 1 amide bonds. The van der Waals surface area contributed by atoms with Gasteiger partial charge in [-0.3, -0.25) is 4.79 Å². The number of fused-ring (bicyclic) bond motifs is 1. The van der Waals surface area contributed by atoms with Crippen molar-refractivity contribution in [2.45, 2.75) is 18.2 Å². The van der Waals surface area contributed by atoms with Crippen LogP contribution in [-0.4, -0.2) is 33.4 Å². The zero-order valence-electron chi connectivity index (χ0n) is 16.0. The Morgan fingerprint density at radius 1 is 1.17 bits per heavy atom. The minimum Gasteiger partial charge on any atom is -0.450 e. The maximum atomic E-state index is 12.3. The molecule has 0 atom stereocenters. The summed E-state index contributed by atoms with van der Waals surface area (Å²) in [5.74, 6) is -1.11. The number of furan rings is 1. The summed E-state index contributed by atoms with van der Waals surface area (Å²) in [6.45, 7) is 1.60. The number of ether oxygens (including phenoxy) is 1. The van der Waals surface area contributed by atoms with Crippen LogP contribution in [0, 0.1) is 6.92 Å². The number of primary sulfonamides is 1. The van der Waals surface area contributed by atoms with Gasteiger partial charge in [-0.25, -0.2) is 18.4 Å². The summed E-state index contributed by atoms with van der Waals surface area (Å²) in [5, 5.41) is 8.47. The number of sulfonamides is 1. The normalized spacial score (nSPS) is 11.4. The topological polar surface area (TPSA) is 129 Å². The lowest BCUT2D eigenvalue weighted by Crippen LogP contribution is -2.30. The molecule has 3 rings (SSSR count). The minimum atomic E-state index is -3.73. The highest BCUT2D eigenvalue weighted by atomic mass is 79.9. The third-order valence-corrected chi connectivity index (χ3v) is 5.83. The van der Waals surface area contributed by atoms with Crippen LogP contribution < -0.4 is 10.5 Å². The molecule has 0 saturated carbocycles. The first-order valence-electron chi connectivity index (χ1n) is 8.89. The van der Waals surface area contributed by atoms with Crippen LogP contribution in [-0.2, 0) is 26.0 Å². The molecular weight excluding hydrogens is 476 g/mol. The zero-order chi connectivity index (χ0) is 21.9. The molecule has 0 radical (unpaired) electrons. The monoisotopic (exact) mass is 494 g/mol. The van der Waals surface area contributed by atoms with Crippen molar-refractivity contribution in [1.29, 1.82) is 0 Å². The molecule has 1 heterocycles. The predicted molar refractivity (Wildman–Crippen MR) is 113 cm³/mol. The number of benzene rings is 2. The number of amides is 1. The Bertz CT molecular complexity index is 1200. The third-order valence-electron chi connectivity index (χ3n) is 4.41. The Morgan fingerprint density at radius 3 is 2.53 bits per heavy atom. The van der Waals surface area contributed by atoms with Crippen LogP contribution in [0.2, 0.25) is 0 Å². The predicted octanol–water partition coefficient (Wildman–Crippen LogP) is 2.67. The van der Waals surface area contributed by atoms with Gasteiger partial charge in [-0.1, -0.05) is 28.1 Å². The van der Waals surface area contributed by atoms with E-state index in [0.717, 1.165) is 15.4 Å². The van der Waals surface area contributed by atoms with Crippen molar-refractivity contribution in [3.8, 4) is 0 Å². The molecule has 0 spiro atoms. The summed E-state index contributed by atoms with van der Waals surface area (Å²) in [6, 6.07) is 11.4. The van der Waals surface area contributed by atoms with E-state index in [2.05, 4.69) is 21.2 Å². The Kier molecular flexibility index (Phi) is 6.59. The zero-order valence-corrected chi connectivity index (χ0v) is 18.4. The summed E-state index contributed by atoms with van der Waals surface area (Å²) in [4.78, 5) is 24.2. The van der Waals surface area contributed by atoms with Gasteiger partial charge in [0.15, 0.2) is 6.61 Å². The molecule has 0 aliphatic carbocycles. The van der Waals surface area contributed by atoms with E-state index >= 15 is 0 Å². The van der Waals surface area contributed by atoms with Crippen LogP contribution >= 0.6 is 15.9 Å². The quantitative estimate of drug-likeness (QED) is 0.485. The van der Waals surface area contributed by atoms with Crippen molar-refractivity contribution < 1.29 is 27.2 Å². The largest absolute Gasteiger partial charge is 0.450 e. The summed E-state index contributed by atoms with van der Waals surface area (Å²) < 4.78 is 33.9. The molecule has 1 aromatic heterocycles. The molecule has 0 bridgehead atoms. The molecule has 0 aliphatic heterocycles. The number of rotatable bonds is 7. The highest BCUT2D eigenvalue weighted by Gasteiger charge is 2.20. The average molecular weight is 495 g/mol. The molecule has 0 unspecified atom stereocenters. The average Bonchev–Trinajstić information content (AvgIpc) is 3.02. The maximum absolute atomic E-state index is 12.3. The number of nitrogens with two attached hydrogens (primary N) is 1. The van der Waals surface area contributed by atoms with Gasteiger partial charge in [-0.15, -0.1) is 0 Å². The second-order valence-corrected chi connectivity index (χ2v) is 9.04. The molecule has 8 nitrogen and oxygen atoms in total. The smallest absolute Gasteiger partial charge is 0.375 e. The minimum absolute atomic E-state index is 0.0236. The van der Waals surface area contributed by atoms with Gasteiger partial charge in [0.05, 0.1) is 4.90 Å². The lowest BCUT2D eigenvalue weighted by molar-refractivity contribution is -0.124. The van der Waals surface area contributed by atoms with Crippen molar-refractivity contribution in [2.24, 2.45) is 5.14 Å². The van der Waals surface area contributed by atoms with Gasteiger partial charge in [0.1, 0.15) is 5.58 Å².